The summed E-state index contributed by atoms with van der Waals surface area (Å²) in [5.41, 5.74) is 0. The first-order chi connectivity index (χ1) is 15.2. The molecule has 0 aromatic rings. The van der Waals surface area contributed by atoms with Crippen molar-refractivity contribution < 1.29 is 24.1 Å². The fraction of sp³-hybridized carbons (Fsp3) is 0.962. The summed E-state index contributed by atoms with van der Waals surface area (Å²) in [5, 5.41) is 9.81. The molecule has 31 heavy (non-hydrogen) atoms. The summed E-state index contributed by atoms with van der Waals surface area (Å²) >= 11 is 0. The van der Waals surface area contributed by atoms with Gasteiger partial charge in [-0.15, -0.1) is 0 Å². The van der Waals surface area contributed by atoms with E-state index in [9.17, 15) is 9.90 Å². The summed E-state index contributed by atoms with van der Waals surface area (Å²) in [6.07, 6.45) is 18.9. The number of hydrogen-bond donors (Lipinski definition) is 1. The average molecular weight is 441 g/mol. The van der Waals surface area contributed by atoms with E-state index in [1.165, 1.54) is 70.6 Å². The zero-order chi connectivity index (χ0) is 22.2. The molecule has 0 aliphatic heterocycles. The SMILES string of the molecule is CCCCCCCCCCOC(=O)C1CCC(OCCOC2CCCCC2)C(CO)C1. The molecule has 2 aliphatic carbocycles. The van der Waals surface area contributed by atoms with Crippen LogP contribution in [0.5, 0.6) is 0 Å². The van der Waals surface area contributed by atoms with Gasteiger partial charge in [-0.3, -0.25) is 4.79 Å². The first kappa shape index (κ1) is 26.6. The molecule has 3 unspecified atom stereocenters. The van der Waals surface area contributed by atoms with Crippen molar-refractivity contribution in [2.24, 2.45) is 11.8 Å². The van der Waals surface area contributed by atoms with Crippen LogP contribution < -0.4 is 0 Å². The Kier molecular flexibility index (Phi) is 14.5. The Morgan fingerprint density at radius 2 is 1.48 bits per heavy atom. The van der Waals surface area contributed by atoms with Gasteiger partial charge < -0.3 is 19.3 Å². The standard InChI is InChI=1S/C26H48O5/c1-2-3-4-5-6-7-8-12-17-31-26(28)22-15-16-25(23(20-22)21-27)30-19-18-29-24-13-10-9-11-14-24/h22-25,27H,2-21H2,1H3. The number of aliphatic hydroxyl groups is 1. The number of aliphatic hydroxyl groups excluding tert-OH is 1. The van der Waals surface area contributed by atoms with Crippen molar-refractivity contribution in [1.29, 1.82) is 0 Å². The number of carbonyl (C=O) groups is 1. The molecule has 0 bridgehead atoms. The molecule has 0 spiro atoms. The number of carbonyl (C=O) groups excluding carboxylic acids is 1. The highest BCUT2D eigenvalue weighted by Crippen LogP contribution is 2.32. The number of hydrogen-bond acceptors (Lipinski definition) is 5. The number of ether oxygens (including phenoxy) is 3. The van der Waals surface area contributed by atoms with Gasteiger partial charge in [-0.2, -0.15) is 0 Å². The van der Waals surface area contributed by atoms with Gasteiger partial charge in [-0.1, -0.05) is 71.1 Å². The van der Waals surface area contributed by atoms with Crippen LogP contribution in [0, 0.1) is 11.8 Å². The van der Waals surface area contributed by atoms with Crippen LogP contribution in [0.2, 0.25) is 0 Å². The molecule has 2 fully saturated rings. The Labute approximate surface area is 190 Å². The van der Waals surface area contributed by atoms with Crippen molar-refractivity contribution in [2.45, 2.75) is 122 Å². The molecule has 2 rings (SSSR count). The summed E-state index contributed by atoms with van der Waals surface area (Å²) in [6, 6.07) is 0. The van der Waals surface area contributed by atoms with Crippen LogP contribution in [-0.2, 0) is 19.0 Å². The van der Waals surface area contributed by atoms with E-state index in [2.05, 4.69) is 6.92 Å². The number of unbranched alkanes of at least 4 members (excludes halogenated alkanes) is 7. The Bertz CT molecular complexity index is 449. The van der Waals surface area contributed by atoms with Gasteiger partial charge in [-0.25, -0.2) is 0 Å². The monoisotopic (exact) mass is 440 g/mol. The van der Waals surface area contributed by atoms with Crippen molar-refractivity contribution >= 4 is 5.97 Å². The fourth-order valence-corrected chi connectivity index (χ4v) is 5.03. The first-order valence-corrected chi connectivity index (χ1v) is 13.2. The van der Waals surface area contributed by atoms with Crippen molar-refractivity contribution in [3.63, 3.8) is 0 Å². The van der Waals surface area contributed by atoms with Crippen LogP contribution in [0.15, 0.2) is 0 Å². The third-order valence-electron chi connectivity index (χ3n) is 7.04. The van der Waals surface area contributed by atoms with Gasteiger partial charge in [0.25, 0.3) is 0 Å². The van der Waals surface area contributed by atoms with Gasteiger partial charge in [-0.05, 0) is 38.5 Å². The Morgan fingerprint density at radius 3 is 2.19 bits per heavy atom. The average Bonchev–Trinajstić information content (AvgIpc) is 2.81. The number of rotatable bonds is 16. The highest BCUT2D eigenvalue weighted by molar-refractivity contribution is 5.72. The molecule has 0 saturated heterocycles. The van der Waals surface area contributed by atoms with E-state index < -0.39 is 0 Å². The maximum atomic E-state index is 12.4. The Balaban J connectivity index is 1.52. The molecule has 182 valence electrons. The van der Waals surface area contributed by atoms with Crippen LogP contribution in [0.25, 0.3) is 0 Å². The molecule has 0 heterocycles. The molecular weight excluding hydrogens is 392 g/mol. The summed E-state index contributed by atoms with van der Waals surface area (Å²) in [6.45, 7) is 4.04. The van der Waals surface area contributed by atoms with E-state index in [0.29, 0.717) is 32.3 Å². The van der Waals surface area contributed by atoms with E-state index in [4.69, 9.17) is 14.2 Å². The van der Waals surface area contributed by atoms with E-state index in [-0.39, 0.29) is 30.5 Å². The molecule has 2 aliphatic rings. The van der Waals surface area contributed by atoms with Crippen LogP contribution >= 0.6 is 0 Å². The predicted molar refractivity (Wildman–Crippen MR) is 124 cm³/mol. The Morgan fingerprint density at radius 1 is 0.806 bits per heavy atom. The van der Waals surface area contributed by atoms with Crippen LogP contribution in [0.3, 0.4) is 0 Å². The van der Waals surface area contributed by atoms with Gasteiger partial charge in [0.1, 0.15) is 0 Å². The maximum absolute atomic E-state index is 12.4. The van der Waals surface area contributed by atoms with Crippen LogP contribution in [0.1, 0.15) is 110 Å². The first-order valence-electron chi connectivity index (χ1n) is 13.2. The van der Waals surface area contributed by atoms with Crippen molar-refractivity contribution in [3.05, 3.63) is 0 Å². The lowest BCUT2D eigenvalue weighted by Crippen LogP contribution is -2.37. The molecule has 5 heteroatoms. The quantitative estimate of drug-likeness (QED) is 0.242. The lowest BCUT2D eigenvalue weighted by molar-refractivity contribution is -0.153. The zero-order valence-corrected chi connectivity index (χ0v) is 20.0. The van der Waals surface area contributed by atoms with Crippen LogP contribution in [-0.4, -0.2) is 49.7 Å². The maximum Gasteiger partial charge on any atom is 0.308 e. The molecule has 0 radical (unpaired) electrons. The molecule has 1 N–H and O–H groups in total. The summed E-state index contributed by atoms with van der Waals surface area (Å²) in [7, 11) is 0. The third-order valence-corrected chi connectivity index (χ3v) is 7.04. The summed E-state index contributed by atoms with van der Waals surface area (Å²) < 4.78 is 17.5. The van der Waals surface area contributed by atoms with Gasteiger partial charge in [0.2, 0.25) is 0 Å². The number of esters is 1. The summed E-state index contributed by atoms with van der Waals surface area (Å²) in [5.74, 6) is -0.158. The smallest absolute Gasteiger partial charge is 0.308 e. The van der Waals surface area contributed by atoms with Crippen molar-refractivity contribution in [2.75, 3.05) is 26.4 Å². The van der Waals surface area contributed by atoms with Crippen LogP contribution in [0.4, 0.5) is 0 Å². The topological polar surface area (TPSA) is 65.0 Å². The molecule has 2 saturated carbocycles. The van der Waals surface area contributed by atoms with Gasteiger partial charge in [0.15, 0.2) is 0 Å². The molecule has 0 amide bonds. The molecular formula is C26H48O5. The van der Waals surface area contributed by atoms with E-state index in [1.54, 1.807) is 0 Å². The van der Waals surface area contributed by atoms with E-state index in [1.807, 2.05) is 0 Å². The van der Waals surface area contributed by atoms with Gasteiger partial charge in [0, 0.05) is 12.5 Å². The van der Waals surface area contributed by atoms with Crippen molar-refractivity contribution in [3.8, 4) is 0 Å². The van der Waals surface area contributed by atoms with E-state index in [0.717, 1.165) is 25.7 Å². The molecule has 0 aromatic carbocycles. The predicted octanol–water partition coefficient (Wildman–Crippen LogP) is 5.81. The highest BCUT2D eigenvalue weighted by Gasteiger charge is 2.35. The van der Waals surface area contributed by atoms with E-state index >= 15 is 0 Å². The minimum absolute atomic E-state index is 0.0177. The second-order valence-electron chi connectivity index (χ2n) is 9.64. The lowest BCUT2D eigenvalue weighted by atomic mass is 9.79. The second kappa shape index (κ2) is 16.9. The fourth-order valence-electron chi connectivity index (χ4n) is 5.03. The minimum atomic E-state index is -0.0930. The Hall–Kier alpha value is -0.650. The second-order valence-corrected chi connectivity index (χ2v) is 9.64. The lowest BCUT2D eigenvalue weighted by Gasteiger charge is -2.34. The summed E-state index contributed by atoms with van der Waals surface area (Å²) in [4.78, 5) is 12.4. The van der Waals surface area contributed by atoms with Crippen molar-refractivity contribution in [1.82, 2.24) is 0 Å². The third kappa shape index (κ3) is 11.2. The largest absolute Gasteiger partial charge is 0.465 e. The molecule has 5 nitrogen and oxygen atoms in total. The zero-order valence-electron chi connectivity index (χ0n) is 20.0. The molecule has 0 aromatic heterocycles. The van der Waals surface area contributed by atoms with Gasteiger partial charge >= 0.3 is 5.97 Å². The normalized spacial score (nSPS) is 24.9. The van der Waals surface area contributed by atoms with Gasteiger partial charge in [0.05, 0.1) is 37.9 Å². The highest BCUT2D eigenvalue weighted by atomic mass is 16.5. The molecule has 3 atom stereocenters. The minimum Gasteiger partial charge on any atom is -0.465 e.